The lowest BCUT2D eigenvalue weighted by atomic mass is 10.1. The van der Waals surface area contributed by atoms with Gasteiger partial charge >= 0.3 is 5.97 Å². The van der Waals surface area contributed by atoms with Crippen LogP contribution in [0.15, 0.2) is 24.3 Å². The highest BCUT2D eigenvalue weighted by atomic mass is 16.6. The number of ether oxygens (including phenoxy) is 1. The van der Waals surface area contributed by atoms with Gasteiger partial charge < -0.3 is 15.0 Å². The molecule has 0 amide bonds. The van der Waals surface area contributed by atoms with Crippen molar-refractivity contribution in [2.75, 3.05) is 12.3 Å². The lowest BCUT2D eigenvalue weighted by Gasteiger charge is -2.07. The number of nitrogen functional groups attached to an aromatic ring is 1. The molecule has 0 saturated heterocycles. The van der Waals surface area contributed by atoms with Gasteiger partial charge in [0, 0.05) is 29.6 Å². The van der Waals surface area contributed by atoms with Crippen molar-refractivity contribution in [2.24, 2.45) is 0 Å². The number of Topliss-reactive ketones (excluding diaryl/α,β-unsaturated/α-hetero) is 1. The normalized spacial score (nSPS) is 10.5. The summed E-state index contributed by atoms with van der Waals surface area (Å²) in [6.07, 6.45) is 0. The van der Waals surface area contributed by atoms with Crippen molar-refractivity contribution in [3.8, 4) is 0 Å². The minimum atomic E-state index is -0.819. The van der Waals surface area contributed by atoms with E-state index in [2.05, 4.69) is 0 Å². The number of aryl methyl sites for hydroxylation is 1. The number of rotatable bonds is 6. The molecule has 2 N–H and O–H groups in total. The molecule has 8 nitrogen and oxygen atoms in total. The number of benzene rings is 1. The van der Waals surface area contributed by atoms with Crippen molar-refractivity contribution in [1.29, 1.82) is 0 Å². The van der Waals surface area contributed by atoms with Crippen LogP contribution in [-0.2, 0) is 11.3 Å². The number of nitro groups is 1. The Labute approximate surface area is 144 Å². The summed E-state index contributed by atoms with van der Waals surface area (Å²) in [5.41, 5.74) is 7.27. The minimum Gasteiger partial charge on any atom is -0.454 e. The summed E-state index contributed by atoms with van der Waals surface area (Å²) in [5.74, 6) is -1.15. The molecule has 2 aromatic rings. The highest BCUT2D eigenvalue weighted by Gasteiger charge is 2.19. The third-order valence-electron chi connectivity index (χ3n) is 3.99. The van der Waals surface area contributed by atoms with Crippen LogP contribution in [0.2, 0.25) is 0 Å². The number of carbonyl (C=O) groups is 2. The van der Waals surface area contributed by atoms with Crippen LogP contribution in [0.25, 0.3) is 0 Å². The van der Waals surface area contributed by atoms with Crippen molar-refractivity contribution in [1.82, 2.24) is 4.57 Å². The Morgan fingerprint density at radius 1 is 1.28 bits per heavy atom. The third kappa shape index (κ3) is 3.68. The highest BCUT2D eigenvalue weighted by Crippen LogP contribution is 2.23. The molecule has 0 unspecified atom stereocenters. The molecule has 25 heavy (non-hydrogen) atoms. The Morgan fingerprint density at radius 2 is 1.96 bits per heavy atom. The Morgan fingerprint density at radius 3 is 2.52 bits per heavy atom. The molecule has 0 spiro atoms. The molecule has 2 rings (SSSR count). The fourth-order valence-corrected chi connectivity index (χ4v) is 2.69. The second-order valence-corrected chi connectivity index (χ2v) is 5.56. The second kappa shape index (κ2) is 7.16. The van der Waals surface area contributed by atoms with Gasteiger partial charge in [0.15, 0.2) is 6.61 Å². The van der Waals surface area contributed by atoms with Crippen molar-refractivity contribution in [3.63, 3.8) is 0 Å². The van der Waals surface area contributed by atoms with Crippen molar-refractivity contribution < 1.29 is 19.2 Å². The summed E-state index contributed by atoms with van der Waals surface area (Å²) < 4.78 is 6.98. The number of nitrogens with two attached hydrogens (primary N) is 1. The van der Waals surface area contributed by atoms with Gasteiger partial charge in [-0.3, -0.25) is 14.9 Å². The van der Waals surface area contributed by atoms with Crippen LogP contribution < -0.4 is 5.73 Å². The molecule has 1 aromatic heterocycles. The molecule has 0 fully saturated rings. The molecule has 1 aromatic carbocycles. The fourth-order valence-electron chi connectivity index (χ4n) is 2.69. The molecule has 0 aliphatic heterocycles. The summed E-state index contributed by atoms with van der Waals surface area (Å²) in [7, 11) is 0. The second-order valence-electron chi connectivity index (χ2n) is 5.56. The zero-order chi connectivity index (χ0) is 18.7. The predicted octanol–water partition coefficient (Wildman–Crippen LogP) is 2.65. The van der Waals surface area contributed by atoms with Gasteiger partial charge in [-0.25, -0.2) is 4.79 Å². The molecular formula is C17H19N3O5. The maximum absolute atomic E-state index is 12.3. The SMILES string of the molecule is CCn1c(C)cc(C(=O)COC(=O)c2ccc(N)c([N+](=O)[O-])c2)c1C. The topological polar surface area (TPSA) is 117 Å². The molecule has 0 bridgehead atoms. The lowest BCUT2D eigenvalue weighted by molar-refractivity contribution is -0.383. The van der Waals surface area contributed by atoms with Crippen LogP contribution in [-0.4, -0.2) is 27.8 Å². The average Bonchev–Trinajstić information content (AvgIpc) is 2.86. The lowest BCUT2D eigenvalue weighted by Crippen LogP contribution is -2.15. The van der Waals surface area contributed by atoms with Crippen LogP contribution in [0.4, 0.5) is 11.4 Å². The van der Waals surface area contributed by atoms with Crippen LogP contribution >= 0.6 is 0 Å². The smallest absolute Gasteiger partial charge is 0.338 e. The largest absolute Gasteiger partial charge is 0.454 e. The molecule has 8 heteroatoms. The van der Waals surface area contributed by atoms with Crippen LogP contribution in [0.5, 0.6) is 0 Å². The van der Waals surface area contributed by atoms with E-state index in [1.54, 1.807) is 6.07 Å². The van der Waals surface area contributed by atoms with E-state index in [-0.39, 0.29) is 22.7 Å². The van der Waals surface area contributed by atoms with Gasteiger partial charge in [-0.05, 0) is 39.0 Å². The number of hydrogen-bond donors (Lipinski definition) is 1. The van der Waals surface area contributed by atoms with Crippen molar-refractivity contribution in [3.05, 3.63) is 56.9 Å². The zero-order valence-electron chi connectivity index (χ0n) is 14.2. The molecule has 1 heterocycles. The van der Waals surface area contributed by atoms with Crippen LogP contribution in [0.3, 0.4) is 0 Å². The standard InChI is InChI=1S/C17H19N3O5/c1-4-19-10(2)7-13(11(19)3)16(21)9-25-17(22)12-5-6-14(18)15(8-12)20(23)24/h5-8H,4,9,18H2,1-3H3. The fraction of sp³-hybridized carbons (Fsp3) is 0.294. The number of ketones is 1. The Hall–Kier alpha value is -3.16. The van der Waals surface area contributed by atoms with Gasteiger partial charge in [0.05, 0.1) is 10.5 Å². The molecule has 0 aliphatic rings. The first-order valence-electron chi connectivity index (χ1n) is 7.67. The van der Waals surface area contributed by atoms with E-state index in [1.807, 2.05) is 25.3 Å². The molecule has 0 radical (unpaired) electrons. The third-order valence-corrected chi connectivity index (χ3v) is 3.99. The summed E-state index contributed by atoms with van der Waals surface area (Å²) >= 11 is 0. The first kappa shape index (κ1) is 18.2. The maximum atomic E-state index is 12.3. The van der Waals surface area contributed by atoms with Crippen molar-refractivity contribution >= 4 is 23.1 Å². The summed E-state index contributed by atoms with van der Waals surface area (Å²) in [4.78, 5) is 34.5. The molecule has 132 valence electrons. The van der Waals surface area contributed by atoms with E-state index in [1.165, 1.54) is 12.1 Å². The number of esters is 1. The van der Waals surface area contributed by atoms with E-state index in [4.69, 9.17) is 10.5 Å². The number of hydrogen-bond acceptors (Lipinski definition) is 6. The van der Waals surface area contributed by atoms with Gasteiger partial charge in [-0.15, -0.1) is 0 Å². The quantitative estimate of drug-likeness (QED) is 0.283. The zero-order valence-corrected chi connectivity index (χ0v) is 14.2. The first-order chi connectivity index (χ1) is 11.8. The predicted molar refractivity (Wildman–Crippen MR) is 91.7 cm³/mol. The minimum absolute atomic E-state index is 0.0345. The molecule has 0 atom stereocenters. The van der Waals surface area contributed by atoms with Crippen molar-refractivity contribution in [2.45, 2.75) is 27.3 Å². The first-order valence-corrected chi connectivity index (χ1v) is 7.67. The van der Waals surface area contributed by atoms with Gasteiger partial charge in [-0.2, -0.15) is 0 Å². The molecule has 0 saturated carbocycles. The maximum Gasteiger partial charge on any atom is 0.338 e. The van der Waals surface area contributed by atoms with Gasteiger partial charge in [-0.1, -0.05) is 0 Å². The molecule has 0 aliphatic carbocycles. The Kier molecular flexibility index (Phi) is 5.21. The highest BCUT2D eigenvalue weighted by molar-refractivity contribution is 6.00. The summed E-state index contributed by atoms with van der Waals surface area (Å²) in [5, 5.41) is 10.9. The van der Waals surface area contributed by atoms with E-state index >= 15 is 0 Å². The van der Waals surface area contributed by atoms with Gasteiger partial charge in [0.1, 0.15) is 5.69 Å². The van der Waals surface area contributed by atoms with E-state index < -0.39 is 17.5 Å². The molecular weight excluding hydrogens is 326 g/mol. The van der Waals surface area contributed by atoms with Gasteiger partial charge in [0.25, 0.3) is 5.69 Å². The van der Waals surface area contributed by atoms with E-state index in [9.17, 15) is 19.7 Å². The number of carbonyl (C=O) groups excluding carboxylic acids is 2. The van der Waals surface area contributed by atoms with Crippen LogP contribution in [0, 0.1) is 24.0 Å². The average molecular weight is 345 g/mol. The number of aromatic nitrogens is 1. The number of anilines is 1. The van der Waals surface area contributed by atoms with Crippen LogP contribution in [0.1, 0.15) is 39.0 Å². The Balaban J connectivity index is 2.11. The van der Waals surface area contributed by atoms with E-state index in [0.29, 0.717) is 5.56 Å². The van der Waals surface area contributed by atoms with Gasteiger partial charge in [0.2, 0.25) is 5.78 Å². The van der Waals surface area contributed by atoms with E-state index in [0.717, 1.165) is 24.0 Å². The number of nitro benzene ring substituents is 1. The summed E-state index contributed by atoms with van der Waals surface area (Å²) in [6, 6.07) is 5.36. The Bertz CT molecular complexity index is 854. The summed E-state index contributed by atoms with van der Waals surface area (Å²) in [6.45, 7) is 5.99. The number of nitrogens with zero attached hydrogens (tertiary/aromatic N) is 2. The monoisotopic (exact) mass is 345 g/mol.